The molecule has 1 aliphatic carbocycles. The van der Waals surface area contributed by atoms with E-state index in [-0.39, 0.29) is 11.5 Å². The van der Waals surface area contributed by atoms with Crippen molar-refractivity contribution in [1.29, 1.82) is 0 Å². The molecule has 3 aromatic carbocycles. The van der Waals surface area contributed by atoms with Crippen LogP contribution >= 0.6 is 0 Å². The maximum atomic E-state index is 15.2. The van der Waals surface area contributed by atoms with Crippen LogP contribution < -0.4 is 0 Å². The largest absolute Gasteiger partial charge is 0.203 e. The highest BCUT2D eigenvalue weighted by atomic mass is 19.2. The van der Waals surface area contributed by atoms with E-state index in [1.807, 2.05) is 30.3 Å². The number of halogens is 4. The number of hydrogen-bond acceptors (Lipinski definition) is 0. The summed E-state index contributed by atoms with van der Waals surface area (Å²) >= 11 is 0. The third-order valence-electron chi connectivity index (χ3n) is 7.17. The van der Waals surface area contributed by atoms with Crippen molar-refractivity contribution in [2.45, 2.75) is 51.9 Å². The summed E-state index contributed by atoms with van der Waals surface area (Å²) in [5, 5.41) is 0. The monoisotopic (exact) mass is 440 g/mol. The highest BCUT2D eigenvalue weighted by Gasteiger charge is 2.35. The van der Waals surface area contributed by atoms with E-state index in [1.165, 1.54) is 12.1 Å². The smallest absolute Gasteiger partial charge is 0.170 e. The second kappa shape index (κ2) is 9.48. The Morgan fingerprint density at radius 3 is 1.84 bits per heavy atom. The zero-order valence-corrected chi connectivity index (χ0v) is 18.5. The van der Waals surface area contributed by atoms with Crippen molar-refractivity contribution in [2.75, 3.05) is 0 Å². The first-order chi connectivity index (χ1) is 15.4. The topological polar surface area (TPSA) is 0 Å². The van der Waals surface area contributed by atoms with Crippen LogP contribution in [0.3, 0.4) is 0 Å². The second-order valence-electron chi connectivity index (χ2n) is 8.89. The minimum absolute atomic E-state index is 0.0209. The summed E-state index contributed by atoms with van der Waals surface area (Å²) in [6.45, 7) is 3.76. The summed E-state index contributed by atoms with van der Waals surface area (Å²) in [4.78, 5) is 0. The summed E-state index contributed by atoms with van der Waals surface area (Å²) in [5.74, 6) is -5.41. The van der Waals surface area contributed by atoms with Crippen LogP contribution in [0.5, 0.6) is 0 Å². The molecule has 1 aliphatic rings. The number of rotatable bonds is 5. The highest BCUT2D eigenvalue weighted by Crippen LogP contribution is 2.44. The van der Waals surface area contributed by atoms with Crippen molar-refractivity contribution < 1.29 is 17.6 Å². The van der Waals surface area contributed by atoms with Gasteiger partial charge in [-0.25, -0.2) is 17.6 Å². The fourth-order valence-electron chi connectivity index (χ4n) is 5.38. The predicted molar refractivity (Wildman–Crippen MR) is 121 cm³/mol. The summed E-state index contributed by atoms with van der Waals surface area (Å²) in [5.41, 5.74) is 0.811. The molecule has 0 aromatic heterocycles. The quantitative estimate of drug-likeness (QED) is 0.274. The molecule has 0 aliphatic heterocycles. The van der Waals surface area contributed by atoms with Gasteiger partial charge in [0.1, 0.15) is 0 Å². The van der Waals surface area contributed by atoms with E-state index in [4.69, 9.17) is 0 Å². The average molecular weight is 441 g/mol. The lowest BCUT2D eigenvalue weighted by Crippen LogP contribution is -2.26. The second-order valence-corrected chi connectivity index (χ2v) is 8.89. The highest BCUT2D eigenvalue weighted by molar-refractivity contribution is 5.71. The molecule has 4 heteroatoms. The first-order valence-corrected chi connectivity index (χ1v) is 11.5. The lowest BCUT2D eigenvalue weighted by molar-refractivity contribution is 0.196. The van der Waals surface area contributed by atoms with Crippen LogP contribution in [0.2, 0.25) is 0 Å². The molecule has 0 heterocycles. The van der Waals surface area contributed by atoms with Crippen LogP contribution in [0.4, 0.5) is 17.6 Å². The molecule has 32 heavy (non-hydrogen) atoms. The minimum Gasteiger partial charge on any atom is -0.203 e. The maximum absolute atomic E-state index is 15.2. The molecule has 0 N–H and O–H groups in total. The van der Waals surface area contributed by atoms with E-state index in [0.717, 1.165) is 43.2 Å². The molecule has 3 unspecified atom stereocenters. The van der Waals surface area contributed by atoms with Gasteiger partial charge in [-0.15, -0.1) is 0 Å². The molecule has 4 rings (SSSR count). The van der Waals surface area contributed by atoms with Crippen molar-refractivity contribution in [3.8, 4) is 22.3 Å². The summed E-state index contributed by atoms with van der Waals surface area (Å²) in [6, 6.07) is 15.9. The fourth-order valence-corrected chi connectivity index (χ4v) is 5.38. The average Bonchev–Trinajstić information content (AvgIpc) is 2.84. The molecule has 0 radical (unpaired) electrons. The van der Waals surface area contributed by atoms with Gasteiger partial charge in [-0.05, 0) is 40.9 Å². The number of hydrogen-bond donors (Lipinski definition) is 0. The van der Waals surface area contributed by atoms with Gasteiger partial charge in [0.05, 0.1) is 5.56 Å². The standard InChI is InChI=1S/C28H28F4/c1-3-18-9-7-8-12-22(18)17(2)23-25(29)27(31)24(28(32)26(23)30)21-15-13-20(14-16-21)19-10-5-4-6-11-19/h4-6,10-11,13-18,22H,3,7-9,12H2,1-2H3. The Bertz CT molecular complexity index is 1040. The zero-order valence-electron chi connectivity index (χ0n) is 18.5. The Morgan fingerprint density at radius 1 is 0.719 bits per heavy atom. The first kappa shape index (κ1) is 22.6. The van der Waals surface area contributed by atoms with Crippen molar-refractivity contribution in [1.82, 2.24) is 0 Å². The normalized spacial score (nSPS) is 19.7. The Hall–Kier alpha value is -2.62. The van der Waals surface area contributed by atoms with Gasteiger partial charge in [0.15, 0.2) is 23.3 Å². The number of benzene rings is 3. The van der Waals surface area contributed by atoms with Crippen molar-refractivity contribution in [3.63, 3.8) is 0 Å². The molecular formula is C28H28F4. The van der Waals surface area contributed by atoms with Crippen molar-refractivity contribution in [3.05, 3.63) is 83.4 Å². The minimum atomic E-state index is -1.32. The van der Waals surface area contributed by atoms with E-state index in [2.05, 4.69) is 6.92 Å². The van der Waals surface area contributed by atoms with Crippen LogP contribution in [0.25, 0.3) is 22.3 Å². The molecule has 3 atom stereocenters. The van der Waals surface area contributed by atoms with E-state index in [0.29, 0.717) is 5.92 Å². The van der Waals surface area contributed by atoms with Crippen LogP contribution in [-0.2, 0) is 0 Å². The summed E-state index contributed by atoms with van der Waals surface area (Å²) in [6.07, 6.45) is 4.78. The first-order valence-electron chi connectivity index (χ1n) is 11.5. The molecule has 168 valence electrons. The van der Waals surface area contributed by atoms with Crippen LogP contribution in [0, 0.1) is 35.1 Å². The van der Waals surface area contributed by atoms with Gasteiger partial charge in [-0.1, -0.05) is 94.1 Å². The Balaban J connectivity index is 1.73. The molecule has 0 spiro atoms. The lowest BCUT2D eigenvalue weighted by Gasteiger charge is -2.36. The fraction of sp³-hybridized carbons (Fsp3) is 0.357. The van der Waals surface area contributed by atoms with Gasteiger partial charge in [0, 0.05) is 5.56 Å². The molecule has 0 nitrogen and oxygen atoms in total. The van der Waals surface area contributed by atoms with E-state index in [1.54, 1.807) is 19.1 Å². The van der Waals surface area contributed by atoms with E-state index < -0.39 is 40.3 Å². The van der Waals surface area contributed by atoms with Crippen molar-refractivity contribution in [2.24, 2.45) is 11.8 Å². The van der Waals surface area contributed by atoms with Gasteiger partial charge >= 0.3 is 0 Å². The lowest BCUT2D eigenvalue weighted by atomic mass is 9.69. The Labute approximate surface area is 187 Å². The molecule has 0 saturated heterocycles. The third kappa shape index (κ3) is 4.07. The maximum Gasteiger partial charge on any atom is 0.170 e. The van der Waals surface area contributed by atoms with E-state index in [9.17, 15) is 0 Å². The van der Waals surface area contributed by atoms with Crippen LogP contribution in [-0.4, -0.2) is 0 Å². The van der Waals surface area contributed by atoms with Crippen LogP contribution in [0.1, 0.15) is 57.4 Å². The zero-order chi connectivity index (χ0) is 22.8. The molecule has 0 bridgehead atoms. The predicted octanol–water partition coefficient (Wildman–Crippen LogP) is 8.90. The van der Waals surface area contributed by atoms with Gasteiger partial charge in [-0.2, -0.15) is 0 Å². The van der Waals surface area contributed by atoms with Crippen molar-refractivity contribution >= 4 is 0 Å². The Kier molecular flexibility index (Phi) is 6.68. The molecule has 0 amide bonds. The SMILES string of the molecule is CCC1CCCCC1C(C)c1c(F)c(F)c(-c2ccc(-c3ccccc3)cc2)c(F)c1F. The van der Waals surface area contributed by atoms with Gasteiger partial charge < -0.3 is 0 Å². The van der Waals surface area contributed by atoms with Crippen LogP contribution in [0.15, 0.2) is 54.6 Å². The van der Waals surface area contributed by atoms with Gasteiger partial charge in [0.2, 0.25) is 0 Å². The van der Waals surface area contributed by atoms with Gasteiger partial charge in [0.25, 0.3) is 0 Å². The van der Waals surface area contributed by atoms with E-state index >= 15 is 17.6 Å². The molecule has 1 saturated carbocycles. The summed E-state index contributed by atoms with van der Waals surface area (Å²) in [7, 11) is 0. The molecule has 1 fully saturated rings. The Morgan fingerprint density at radius 2 is 1.25 bits per heavy atom. The molecule has 3 aromatic rings. The molecular weight excluding hydrogens is 412 g/mol. The summed E-state index contributed by atoms with van der Waals surface area (Å²) < 4.78 is 60.6. The van der Waals surface area contributed by atoms with Gasteiger partial charge in [-0.3, -0.25) is 0 Å². The third-order valence-corrected chi connectivity index (χ3v) is 7.17.